The number of nitrogen functional groups attached to an aromatic ring is 1. The van der Waals surface area contributed by atoms with Gasteiger partial charge in [0.25, 0.3) is 0 Å². The Balaban J connectivity index is 1.77. The standard InChI is InChI=1S/C56H83N3O16/c1-37(49(65)33-50(66)39-21-23-40(58)24-22-39)27-48(59)52-20-15-13-11-9-7-5-3-4-6-8-10-12-14-19-46(73-36-72-35-51(67)38(2)57)32-53-47(55(69)70)25-26-56(71,75-53)34-45(64)30-44(63)29-43(62)28-41(60)17-16-18-42(61)31-54(68)74-52/h3-15,19,21-24,37-38,42-49,51-53,61-65,67,71H,16-18,20,25-36,57-59H2,1-2H3,(H,69,70)/b4-3-,7-5+,8-6-,11-9+,12-10+,15-13+,19-14+/t37-,38+,42?,43-,44-,45-,46-,47+,48-,49-,51+,52-,53-,56-/m0/s1. The highest BCUT2D eigenvalue weighted by Gasteiger charge is 2.45. The molecule has 14 N–H and O–H groups in total. The van der Waals surface area contributed by atoms with Gasteiger partial charge in [-0.2, -0.15) is 0 Å². The molecule has 0 aromatic heterocycles. The smallest absolute Gasteiger partial charge is 0.309 e. The molecule has 2 aliphatic heterocycles. The average Bonchev–Trinajstić information content (AvgIpc) is 3.32. The lowest BCUT2D eigenvalue weighted by Crippen LogP contribution is -2.50. The Hall–Kier alpha value is -5.00. The normalized spacial score (nSPS) is 31.9. The largest absolute Gasteiger partial charge is 0.481 e. The summed E-state index contributed by atoms with van der Waals surface area (Å²) in [5, 5.41) is 85.7. The van der Waals surface area contributed by atoms with E-state index < -0.39 is 103 Å². The molecular weight excluding hydrogens is 971 g/mol. The van der Waals surface area contributed by atoms with Gasteiger partial charge in [0.15, 0.2) is 11.6 Å². The summed E-state index contributed by atoms with van der Waals surface area (Å²) in [6.45, 7) is 2.98. The minimum Gasteiger partial charge on any atom is -0.481 e. The van der Waals surface area contributed by atoms with Gasteiger partial charge in [-0.1, -0.05) is 92.0 Å². The van der Waals surface area contributed by atoms with E-state index in [9.17, 15) is 60.0 Å². The number of benzene rings is 1. The van der Waals surface area contributed by atoms with Crippen molar-refractivity contribution in [3.63, 3.8) is 0 Å². The van der Waals surface area contributed by atoms with E-state index >= 15 is 0 Å². The molecule has 3 rings (SSSR count). The van der Waals surface area contributed by atoms with Crippen molar-refractivity contribution >= 4 is 29.2 Å². The number of nitrogens with two attached hydrogens (primary N) is 3. The Bertz CT molecular complexity index is 2090. The van der Waals surface area contributed by atoms with Crippen LogP contribution in [0.3, 0.4) is 0 Å². The lowest BCUT2D eigenvalue weighted by Gasteiger charge is -2.42. The molecular formula is C56H83N3O16. The monoisotopic (exact) mass is 1050 g/mol. The third-order valence-electron chi connectivity index (χ3n) is 13.0. The Morgan fingerprint density at radius 3 is 2.03 bits per heavy atom. The Morgan fingerprint density at radius 1 is 0.787 bits per heavy atom. The summed E-state index contributed by atoms with van der Waals surface area (Å²) in [6.07, 6.45) is 13.5. The number of aliphatic hydroxyl groups is 7. The minimum absolute atomic E-state index is 0.00257. The highest BCUT2D eigenvalue weighted by atomic mass is 16.7. The number of Topliss-reactive ketones (excluding diaryl/α,β-unsaturated/α-hetero) is 2. The number of cyclic esters (lactones) is 1. The maximum Gasteiger partial charge on any atom is 0.309 e. The van der Waals surface area contributed by atoms with Crippen LogP contribution in [0.15, 0.2) is 109 Å². The van der Waals surface area contributed by atoms with Crippen molar-refractivity contribution in [1.29, 1.82) is 0 Å². The number of esters is 1. The van der Waals surface area contributed by atoms with E-state index in [2.05, 4.69) is 0 Å². The summed E-state index contributed by atoms with van der Waals surface area (Å²) in [7, 11) is 0. The second-order valence-electron chi connectivity index (χ2n) is 19.8. The molecule has 418 valence electrons. The van der Waals surface area contributed by atoms with Crippen LogP contribution in [0, 0.1) is 11.8 Å². The van der Waals surface area contributed by atoms with Gasteiger partial charge in [0.1, 0.15) is 18.7 Å². The molecule has 0 spiro atoms. The fourth-order valence-corrected chi connectivity index (χ4v) is 8.54. The highest BCUT2D eigenvalue weighted by Crippen LogP contribution is 2.37. The summed E-state index contributed by atoms with van der Waals surface area (Å²) in [5.74, 6) is -5.97. The van der Waals surface area contributed by atoms with E-state index in [0.29, 0.717) is 11.3 Å². The molecule has 2 heterocycles. The number of aliphatic carboxylic acids is 1. The first kappa shape index (κ1) is 64.3. The summed E-state index contributed by atoms with van der Waals surface area (Å²) in [5.41, 5.74) is 19.0. The van der Waals surface area contributed by atoms with E-state index in [4.69, 9.17) is 36.1 Å². The molecule has 19 heteroatoms. The molecule has 1 aromatic rings. The summed E-state index contributed by atoms with van der Waals surface area (Å²) in [4.78, 5) is 51.1. The number of carboxylic acids is 1. The summed E-state index contributed by atoms with van der Waals surface area (Å²) >= 11 is 0. The molecule has 1 fully saturated rings. The van der Waals surface area contributed by atoms with E-state index in [1.807, 2.05) is 12.2 Å². The van der Waals surface area contributed by atoms with Crippen LogP contribution in [-0.2, 0) is 33.3 Å². The number of allylic oxidation sites excluding steroid dienone is 12. The highest BCUT2D eigenvalue weighted by molar-refractivity contribution is 5.96. The number of ketones is 2. The summed E-state index contributed by atoms with van der Waals surface area (Å²) in [6, 6.07) is 5.09. The minimum atomic E-state index is -1.98. The molecule has 2 aliphatic rings. The maximum absolute atomic E-state index is 13.1. The number of fused-ring (bicyclic) bond motifs is 2. The maximum atomic E-state index is 13.1. The van der Waals surface area contributed by atoms with Gasteiger partial charge >= 0.3 is 11.9 Å². The number of hydrogen-bond donors (Lipinski definition) is 11. The fraction of sp³-hybridized carbons (Fsp3) is 0.571. The van der Waals surface area contributed by atoms with Gasteiger partial charge in [-0.3, -0.25) is 19.2 Å². The molecule has 0 aliphatic carbocycles. The second kappa shape index (κ2) is 34.6. The molecule has 0 saturated carbocycles. The lowest BCUT2D eigenvalue weighted by molar-refractivity contribution is -0.282. The molecule has 75 heavy (non-hydrogen) atoms. The zero-order valence-electron chi connectivity index (χ0n) is 43.3. The van der Waals surface area contributed by atoms with Gasteiger partial charge in [0.05, 0.1) is 67.8 Å². The van der Waals surface area contributed by atoms with Crippen LogP contribution < -0.4 is 17.2 Å². The summed E-state index contributed by atoms with van der Waals surface area (Å²) < 4.78 is 23.2. The first-order valence-corrected chi connectivity index (χ1v) is 25.8. The number of carbonyl (C=O) groups excluding carboxylic acids is 3. The molecule has 19 nitrogen and oxygen atoms in total. The van der Waals surface area contributed by atoms with Gasteiger partial charge in [0, 0.05) is 68.3 Å². The quantitative estimate of drug-likeness (QED) is 0.0413. The van der Waals surface area contributed by atoms with Crippen LogP contribution in [-0.4, -0.2) is 151 Å². The molecule has 0 amide bonds. The predicted octanol–water partition coefficient (Wildman–Crippen LogP) is 3.92. The molecule has 1 unspecified atom stereocenters. The zero-order chi connectivity index (χ0) is 55.3. The van der Waals surface area contributed by atoms with Gasteiger partial charge in [-0.05, 0) is 75.6 Å². The SMILES string of the molecule is C[C@@H](N)[C@H](O)COCO[C@H]1/C=C/C=C/C=C\C=C/C=C/C=C/C=C/C[C@@H]([C@@H](N)C[C@H](C)[C@@H](O)CC(=O)c2ccc(N)cc2)OC(=O)CC(O)CCCC(=O)C[C@H](O)C[C@H](O)C[C@H](O)C[C@]2(O)CC[C@@H](C(=O)O)[C@H](C1)O2. The third-order valence-corrected chi connectivity index (χ3v) is 13.0. The van der Waals surface area contributed by atoms with E-state index in [0.717, 1.165) is 0 Å². The average molecular weight is 1050 g/mol. The Morgan fingerprint density at radius 2 is 1.40 bits per heavy atom. The van der Waals surface area contributed by atoms with Gasteiger partial charge in [0.2, 0.25) is 0 Å². The van der Waals surface area contributed by atoms with E-state index in [-0.39, 0.29) is 108 Å². The van der Waals surface area contributed by atoms with Crippen molar-refractivity contribution in [2.24, 2.45) is 23.3 Å². The number of carbonyl (C=O) groups is 4. The van der Waals surface area contributed by atoms with Gasteiger partial charge < -0.3 is 77.0 Å². The molecule has 1 saturated heterocycles. The topological polar surface area (TPSA) is 345 Å². The van der Waals surface area contributed by atoms with E-state index in [1.165, 1.54) is 0 Å². The number of carboxylic acid groups (broad SMARTS) is 1. The van der Waals surface area contributed by atoms with Crippen molar-refractivity contribution in [1.82, 2.24) is 0 Å². The molecule has 0 radical (unpaired) electrons. The number of anilines is 1. The first-order valence-electron chi connectivity index (χ1n) is 25.8. The van der Waals surface area contributed by atoms with Gasteiger partial charge in [-0.15, -0.1) is 0 Å². The van der Waals surface area contributed by atoms with Crippen LogP contribution in [0.4, 0.5) is 5.69 Å². The Kier molecular flexibility index (Phi) is 29.7. The van der Waals surface area contributed by atoms with Crippen molar-refractivity contribution in [3.05, 3.63) is 115 Å². The lowest BCUT2D eigenvalue weighted by atomic mass is 9.85. The van der Waals surface area contributed by atoms with Gasteiger partial charge in [-0.25, -0.2) is 0 Å². The van der Waals surface area contributed by atoms with Crippen LogP contribution in [0.25, 0.3) is 0 Å². The number of rotatable bonds is 14. The third kappa shape index (κ3) is 26.6. The van der Waals surface area contributed by atoms with Crippen LogP contribution in [0.5, 0.6) is 0 Å². The number of ether oxygens (including phenoxy) is 4. The van der Waals surface area contributed by atoms with Crippen molar-refractivity contribution < 1.29 is 79.0 Å². The second-order valence-corrected chi connectivity index (χ2v) is 19.8. The van der Waals surface area contributed by atoms with Crippen molar-refractivity contribution in [2.75, 3.05) is 19.1 Å². The fourth-order valence-electron chi connectivity index (χ4n) is 8.54. The molecule has 2 bridgehead atoms. The Labute approximate surface area is 440 Å². The zero-order valence-corrected chi connectivity index (χ0v) is 43.3. The van der Waals surface area contributed by atoms with Crippen LogP contribution >= 0.6 is 0 Å². The number of aliphatic hydroxyl groups excluding tert-OH is 6. The molecule has 1 aromatic carbocycles. The van der Waals surface area contributed by atoms with Crippen molar-refractivity contribution in [3.8, 4) is 0 Å². The predicted molar refractivity (Wildman–Crippen MR) is 282 cm³/mol. The molecule has 14 atom stereocenters. The van der Waals surface area contributed by atoms with Crippen molar-refractivity contribution in [2.45, 2.75) is 177 Å². The van der Waals surface area contributed by atoms with Crippen LogP contribution in [0.1, 0.15) is 114 Å². The van der Waals surface area contributed by atoms with E-state index in [1.54, 1.807) is 111 Å². The first-order chi connectivity index (χ1) is 35.6. The number of hydrogen-bond acceptors (Lipinski definition) is 18. The van der Waals surface area contributed by atoms with Crippen LogP contribution in [0.2, 0.25) is 0 Å².